The number of nitrogens with one attached hydrogen (secondary N) is 1. The van der Waals surface area contributed by atoms with Crippen LogP contribution in [0.15, 0.2) is 28.9 Å². The summed E-state index contributed by atoms with van der Waals surface area (Å²) in [5, 5.41) is 8.03. The number of carbonyl (C=O) groups is 1. The van der Waals surface area contributed by atoms with Crippen molar-refractivity contribution in [3.05, 3.63) is 30.0 Å². The summed E-state index contributed by atoms with van der Waals surface area (Å²) in [6, 6.07) is 5.85. The Kier molecular flexibility index (Phi) is 3.39. The SMILES string of the molecule is Cl.O=C(N[C@@H]1C2CCN(CC2)C12CC2)c1ccc2cnoc2c1. The Balaban J connectivity index is 0.00000135. The van der Waals surface area contributed by atoms with Crippen LogP contribution >= 0.6 is 12.4 Å². The molecule has 1 N–H and O–H groups in total. The summed E-state index contributed by atoms with van der Waals surface area (Å²) in [6.07, 6.45) is 6.57. The van der Waals surface area contributed by atoms with E-state index in [-0.39, 0.29) is 23.9 Å². The molecule has 5 nitrogen and oxygen atoms in total. The third kappa shape index (κ3) is 2.17. The fourth-order valence-electron chi connectivity index (χ4n) is 4.55. The van der Waals surface area contributed by atoms with Crippen molar-refractivity contribution in [1.29, 1.82) is 0 Å². The van der Waals surface area contributed by atoms with E-state index < -0.39 is 0 Å². The van der Waals surface area contributed by atoms with Crippen LogP contribution in [0.1, 0.15) is 36.0 Å². The van der Waals surface area contributed by atoms with Crippen LogP contribution in [-0.2, 0) is 0 Å². The third-order valence-electron chi connectivity index (χ3n) is 5.89. The number of carbonyl (C=O) groups excluding carboxylic acids is 1. The van der Waals surface area contributed by atoms with Crippen molar-refractivity contribution in [3.63, 3.8) is 0 Å². The maximum atomic E-state index is 12.7. The van der Waals surface area contributed by atoms with Gasteiger partial charge in [0.15, 0.2) is 5.58 Å². The number of amides is 1. The molecule has 1 aromatic carbocycles. The van der Waals surface area contributed by atoms with Gasteiger partial charge >= 0.3 is 0 Å². The zero-order valence-electron chi connectivity index (χ0n) is 12.8. The van der Waals surface area contributed by atoms with Crippen LogP contribution in [0.3, 0.4) is 0 Å². The Morgan fingerprint density at radius 3 is 2.83 bits per heavy atom. The van der Waals surface area contributed by atoms with E-state index >= 15 is 0 Å². The van der Waals surface area contributed by atoms with Crippen LogP contribution in [-0.4, -0.2) is 40.6 Å². The highest BCUT2D eigenvalue weighted by molar-refractivity contribution is 5.97. The van der Waals surface area contributed by atoms with Gasteiger partial charge in [-0.05, 0) is 62.9 Å². The second-order valence-electron chi connectivity index (χ2n) is 6.96. The molecular formula is C17H20ClN3O2. The molecule has 6 heteroatoms. The lowest BCUT2D eigenvalue weighted by Gasteiger charge is -2.52. The van der Waals surface area contributed by atoms with Crippen molar-refractivity contribution >= 4 is 29.3 Å². The van der Waals surface area contributed by atoms with Gasteiger partial charge in [0.25, 0.3) is 5.91 Å². The van der Waals surface area contributed by atoms with Crippen molar-refractivity contribution in [2.24, 2.45) is 5.92 Å². The molecule has 1 spiro atoms. The highest BCUT2D eigenvalue weighted by Gasteiger charge is 2.60. The number of hydrogen-bond acceptors (Lipinski definition) is 4. The zero-order valence-corrected chi connectivity index (χ0v) is 13.6. The molecule has 6 rings (SSSR count). The molecule has 4 heterocycles. The Bertz CT molecular complexity index is 747. The van der Waals surface area contributed by atoms with Crippen LogP contribution in [0.4, 0.5) is 0 Å². The van der Waals surface area contributed by atoms with Gasteiger partial charge in [0.05, 0.1) is 12.2 Å². The molecule has 1 amide bonds. The minimum absolute atomic E-state index is 0. The quantitative estimate of drug-likeness (QED) is 0.917. The lowest BCUT2D eigenvalue weighted by molar-refractivity contribution is -0.00144. The normalized spacial score (nSPS) is 30.2. The van der Waals surface area contributed by atoms with E-state index in [0.29, 0.717) is 23.1 Å². The van der Waals surface area contributed by atoms with Gasteiger partial charge in [-0.3, -0.25) is 9.69 Å². The zero-order chi connectivity index (χ0) is 14.7. The van der Waals surface area contributed by atoms with Crippen molar-refractivity contribution in [2.45, 2.75) is 37.3 Å². The van der Waals surface area contributed by atoms with Crippen LogP contribution in [0.25, 0.3) is 11.0 Å². The second kappa shape index (κ2) is 5.21. The summed E-state index contributed by atoms with van der Waals surface area (Å²) in [4.78, 5) is 15.3. The summed E-state index contributed by atoms with van der Waals surface area (Å²) >= 11 is 0. The fourth-order valence-corrected chi connectivity index (χ4v) is 4.55. The van der Waals surface area contributed by atoms with Crippen LogP contribution in [0.5, 0.6) is 0 Å². The van der Waals surface area contributed by atoms with E-state index in [1.807, 2.05) is 12.1 Å². The van der Waals surface area contributed by atoms with Crippen molar-refractivity contribution in [2.75, 3.05) is 13.1 Å². The Hall–Kier alpha value is -1.59. The minimum Gasteiger partial charge on any atom is -0.356 e. The first-order valence-corrected chi connectivity index (χ1v) is 8.17. The topological polar surface area (TPSA) is 58.4 Å². The van der Waals surface area contributed by atoms with Crippen molar-refractivity contribution in [3.8, 4) is 0 Å². The number of rotatable bonds is 2. The van der Waals surface area contributed by atoms with Crippen molar-refractivity contribution < 1.29 is 9.32 Å². The average Bonchev–Trinajstić information content (AvgIpc) is 3.18. The lowest BCUT2D eigenvalue weighted by atomic mass is 9.77. The fraction of sp³-hybridized carbons (Fsp3) is 0.529. The first kappa shape index (κ1) is 15.0. The van der Waals surface area contributed by atoms with Gasteiger partial charge in [0.1, 0.15) is 0 Å². The molecule has 1 aromatic heterocycles. The van der Waals surface area contributed by atoms with Crippen LogP contribution in [0, 0.1) is 5.92 Å². The van der Waals surface area contributed by atoms with E-state index in [1.165, 1.54) is 38.8 Å². The Morgan fingerprint density at radius 2 is 2.09 bits per heavy atom. The summed E-state index contributed by atoms with van der Waals surface area (Å²) < 4.78 is 5.16. The standard InChI is InChI=1S/C17H19N3O2.ClH/c21-16(12-1-2-13-10-18-22-14(13)9-12)19-15-11-3-7-20(8-4-11)17(15)5-6-17;/h1-2,9-11,15H,3-8H2,(H,19,21);1H/t15-;/m1./s1. The van der Waals surface area contributed by atoms with E-state index in [2.05, 4.69) is 15.4 Å². The van der Waals surface area contributed by atoms with Gasteiger partial charge in [0.2, 0.25) is 0 Å². The number of hydrogen-bond donors (Lipinski definition) is 1. The summed E-state index contributed by atoms with van der Waals surface area (Å²) in [6.45, 7) is 2.42. The van der Waals surface area contributed by atoms with Gasteiger partial charge in [0, 0.05) is 16.5 Å². The maximum Gasteiger partial charge on any atom is 0.251 e. The molecular weight excluding hydrogens is 314 g/mol. The lowest BCUT2D eigenvalue weighted by Crippen LogP contribution is -2.65. The molecule has 23 heavy (non-hydrogen) atoms. The molecule has 2 bridgehead atoms. The molecule has 3 aliphatic heterocycles. The van der Waals surface area contributed by atoms with Gasteiger partial charge in [-0.15, -0.1) is 12.4 Å². The summed E-state index contributed by atoms with van der Waals surface area (Å²) in [5.41, 5.74) is 1.60. The van der Waals surface area contributed by atoms with Crippen molar-refractivity contribution in [1.82, 2.24) is 15.4 Å². The number of benzene rings is 1. The third-order valence-corrected chi connectivity index (χ3v) is 5.89. The molecule has 0 radical (unpaired) electrons. The van der Waals surface area contributed by atoms with Crippen LogP contribution in [0.2, 0.25) is 0 Å². The minimum atomic E-state index is 0. The molecule has 1 aliphatic carbocycles. The average molecular weight is 334 g/mol. The molecule has 4 aliphatic rings. The van der Waals surface area contributed by atoms with Gasteiger partial charge in [-0.1, -0.05) is 5.16 Å². The predicted molar refractivity (Wildman–Crippen MR) is 88.8 cm³/mol. The van der Waals surface area contributed by atoms with E-state index in [1.54, 1.807) is 12.3 Å². The summed E-state index contributed by atoms with van der Waals surface area (Å²) in [7, 11) is 0. The maximum absolute atomic E-state index is 12.7. The number of piperidine rings is 3. The number of fused-ring (bicyclic) bond motifs is 3. The molecule has 0 unspecified atom stereocenters. The summed E-state index contributed by atoms with van der Waals surface area (Å²) in [5.74, 6) is 0.661. The highest BCUT2D eigenvalue weighted by atomic mass is 35.5. The molecule has 3 saturated heterocycles. The molecule has 2 aromatic rings. The Labute approximate surface area is 140 Å². The molecule has 122 valence electrons. The van der Waals surface area contributed by atoms with E-state index in [0.717, 1.165) is 5.39 Å². The first-order chi connectivity index (χ1) is 10.8. The predicted octanol–water partition coefficient (Wildman–Crippen LogP) is 2.61. The van der Waals surface area contributed by atoms with Gasteiger partial charge < -0.3 is 9.84 Å². The smallest absolute Gasteiger partial charge is 0.251 e. The number of halogens is 1. The molecule has 4 fully saturated rings. The largest absolute Gasteiger partial charge is 0.356 e. The van der Waals surface area contributed by atoms with Gasteiger partial charge in [-0.2, -0.15) is 0 Å². The monoisotopic (exact) mass is 333 g/mol. The van der Waals surface area contributed by atoms with Gasteiger partial charge in [-0.25, -0.2) is 0 Å². The molecule has 1 atom stereocenters. The van der Waals surface area contributed by atoms with E-state index in [9.17, 15) is 4.79 Å². The van der Waals surface area contributed by atoms with E-state index in [4.69, 9.17) is 4.52 Å². The van der Waals surface area contributed by atoms with Crippen LogP contribution < -0.4 is 5.32 Å². The first-order valence-electron chi connectivity index (χ1n) is 8.17. The second-order valence-corrected chi connectivity index (χ2v) is 6.96. The number of aromatic nitrogens is 1. The Morgan fingerprint density at radius 1 is 1.30 bits per heavy atom. The highest BCUT2D eigenvalue weighted by Crippen LogP contribution is 2.53. The molecule has 1 saturated carbocycles. The number of nitrogens with zero attached hydrogens (tertiary/aromatic N) is 2.